The summed E-state index contributed by atoms with van der Waals surface area (Å²) in [7, 11) is 0. The lowest BCUT2D eigenvalue weighted by Crippen LogP contribution is -2.51. The van der Waals surface area contributed by atoms with Crippen molar-refractivity contribution in [1.82, 2.24) is 10.2 Å². The molecule has 9 nitrogen and oxygen atoms in total. The number of carbonyl (C=O) groups excluding carboxylic acids is 4. The Morgan fingerprint density at radius 3 is 2.54 bits per heavy atom. The van der Waals surface area contributed by atoms with Gasteiger partial charge in [-0.3, -0.25) is 19.2 Å². The summed E-state index contributed by atoms with van der Waals surface area (Å²) >= 11 is 0. The summed E-state index contributed by atoms with van der Waals surface area (Å²) in [5, 5.41) is 2.43. The smallest absolute Gasteiger partial charge is 0.325 e. The first-order valence-corrected chi connectivity index (χ1v) is 9.17. The van der Waals surface area contributed by atoms with Crippen LogP contribution < -0.4 is 15.8 Å². The number of carbonyl (C=O) groups is 4. The Kier molecular flexibility index (Phi) is 7.79. The Bertz CT molecular complexity index is 719. The fourth-order valence-electron chi connectivity index (χ4n) is 2.93. The highest BCUT2D eigenvalue weighted by Crippen LogP contribution is 2.17. The van der Waals surface area contributed by atoms with Gasteiger partial charge in [0.05, 0.1) is 6.61 Å². The van der Waals surface area contributed by atoms with E-state index in [1.54, 1.807) is 24.3 Å². The number of nitrogens with two attached hydrogens (primary N) is 1. The molecule has 3 amide bonds. The van der Waals surface area contributed by atoms with Crippen LogP contribution in [0.3, 0.4) is 0 Å². The van der Waals surface area contributed by atoms with Crippen LogP contribution >= 0.6 is 0 Å². The number of amides is 3. The molecule has 0 bridgehead atoms. The van der Waals surface area contributed by atoms with Gasteiger partial charge in [-0.2, -0.15) is 0 Å². The number of piperidine rings is 1. The molecule has 28 heavy (non-hydrogen) atoms. The highest BCUT2D eigenvalue weighted by molar-refractivity contribution is 5.96. The molecule has 0 saturated carbocycles. The Morgan fingerprint density at radius 2 is 1.89 bits per heavy atom. The standard InChI is InChI=1S/C19H25N3O6/c1-2-27-14-8-6-13(7-9-14)19(26)21-11-17(24)28-12-16(23)22-10-4-3-5-15(22)18(20)25/h6-9,15H,2-5,10-12H2,1H3,(H2,20,25)(H,21,26)/t15-/m0/s1. The van der Waals surface area contributed by atoms with Crippen LogP contribution in [0.5, 0.6) is 5.75 Å². The fraction of sp³-hybridized carbons (Fsp3) is 0.474. The molecule has 1 aliphatic rings. The number of nitrogens with zero attached hydrogens (tertiary/aromatic N) is 1. The van der Waals surface area contributed by atoms with Crippen LogP contribution in [0.1, 0.15) is 36.5 Å². The van der Waals surface area contributed by atoms with Crippen LogP contribution in [0.2, 0.25) is 0 Å². The van der Waals surface area contributed by atoms with E-state index < -0.39 is 36.3 Å². The number of primary amides is 1. The molecular weight excluding hydrogens is 366 g/mol. The molecule has 1 fully saturated rings. The summed E-state index contributed by atoms with van der Waals surface area (Å²) in [5.74, 6) is -1.60. The van der Waals surface area contributed by atoms with Gasteiger partial charge in [0.15, 0.2) is 6.61 Å². The average Bonchev–Trinajstić information content (AvgIpc) is 2.71. The lowest BCUT2D eigenvalue weighted by Gasteiger charge is -2.33. The highest BCUT2D eigenvalue weighted by atomic mass is 16.5. The molecule has 9 heteroatoms. The average molecular weight is 391 g/mol. The molecule has 3 N–H and O–H groups in total. The Labute approximate surface area is 163 Å². The summed E-state index contributed by atoms with van der Waals surface area (Å²) in [4.78, 5) is 48.8. The van der Waals surface area contributed by atoms with Gasteiger partial charge in [-0.05, 0) is 50.5 Å². The predicted molar refractivity (Wildman–Crippen MR) is 99.4 cm³/mol. The number of rotatable bonds is 8. The minimum absolute atomic E-state index is 0.366. The second kappa shape index (κ2) is 10.3. The van der Waals surface area contributed by atoms with E-state index in [1.165, 1.54) is 4.90 Å². The summed E-state index contributed by atoms with van der Waals surface area (Å²) < 4.78 is 10.2. The Morgan fingerprint density at radius 1 is 1.18 bits per heavy atom. The lowest BCUT2D eigenvalue weighted by molar-refractivity contribution is -0.154. The summed E-state index contributed by atoms with van der Waals surface area (Å²) in [6.07, 6.45) is 2.09. The fourth-order valence-corrected chi connectivity index (χ4v) is 2.93. The predicted octanol–water partition coefficient (Wildman–Crippen LogP) is 0.225. The molecule has 1 saturated heterocycles. The third-order valence-electron chi connectivity index (χ3n) is 4.33. The highest BCUT2D eigenvalue weighted by Gasteiger charge is 2.30. The monoisotopic (exact) mass is 391 g/mol. The second-order valence-corrected chi connectivity index (χ2v) is 6.30. The van der Waals surface area contributed by atoms with Gasteiger partial charge in [-0.25, -0.2) is 0 Å². The number of ether oxygens (including phenoxy) is 2. The van der Waals surface area contributed by atoms with Gasteiger partial charge in [0.25, 0.3) is 11.8 Å². The SMILES string of the molecule is CCOc1ccc(C(=O)NCC(=O)OCC(=O)N2CCCC[C@H]2C(N)=O)cc1. The molecule has 0 unspecified atom stereocenters. The molecule has 0 spiro atoms. The molecule has 0 aliphatic carbocycles. The normalized spacial score (nSPS) is 16.2. The van der Waals surface area contributed by atoms with E-state index >= 15 is 0 Å². The summed E-state index contributed by atoms with van der Waals surface area (Å²) in [6, 6.07) is 5.80. The van der Waals surface area contributed by atoms with Crippen LogP contribution in [0.15, 0.2) is 24.3 Å². The van der Waals surface area contributed by atoms with E-state index in [0.29, 0.717) is 30.9 Å². The molecule has 0 radical (unpaired) electrons. The van der Waals surface area contributed by atoms with Crippen LogP contribution in [0.4, 0.5) is 0 Å². The van der Waals surface area contributed by atoms with Crippen molar-refractivity contribution >= 4 is 23.7 Å². The lowest BCUT2D eigenvalue weighted by atomic mass is 10.0. The van der Waals surface area contributed by atoms with E-state index in [2.05, 4.69) is 5.32 Å². The molecule has 152 valence electrons. The number of nitrogens with one attached hydrogen (secondary N) is 1. The molecule has 0 aromatic heterocycles. The largest absolute Gasteiger partial charge is 0.494 e. The van der Waals surface area contributed by atoms with E-state index in [0.717, 1.165) is 12.8 Å². The quantitative estimate of drug-likeness (QED) is 0.610. The molecule has 1 atom stereocenters. The number of esters is 1. The third kappa shape index (κ3) is 5.97. The zero-order valence-corrected chi connectivity index (χ0v) is 15.8. The third-order valence-corrected chi connectivity index (χ3v) is 4.33. The zero-order valence-electron chi connectivity index (χ0n) is 15.8. The number of benzene rings is 1. The van der Waals surface area contributed by atoms with E-state index in [-0.39, 0.29) is 6.54 Å². The number of likely N-dealkylation sites (tertiary alicyclic amines) is 1. The molecule has 1 aliphatic heterocycles. The van der Waals surface area contributed by atoms with Crippen molar-refractivity contribution in [3.8, 4) is 5.75 Å². The van der Waals surface area contributed by atoms with Crippen LogP contribution in [-0.4, -0.2) is 60.9 Å². The van der Waals surface area contributed by atoms with E-state index in [4.69, 9.17) is 15.2 Å². The second-order valence-electron chi connectivity index (χ2n) is 6.30. The van der Waals surface area contributed by atoms with Crippen LogP contribution in [-0.2, 0) is 19.1 Å². The van der Waals surface area contributed by atoms with Crippen LogP contribution in [0, 0.1) is 0 Å². The van der Waals surface area contributed by atoms with Gasteiger partial charge in [0.2, 0.25) is 5.91 Å². The van der Waals surface area contributed by atoms with Gasteiger partial charge in [0, 0.05) is 12.1 Å². The Hall–Kier alpha value is -3.10. The topological polar surface area (TPSA) is 128 Å². The first-order chi connectivity index (χ1) is 13.4. The minimum atomic E-state index is -0.750. The minimum Gasteiger partial charge on any atom is -0.494 e. The van der Waals surface area contributed by atoms with Gasteiger partial charge in [0.1, 0.15) is 18.3 Å². The van der Waals surface area contributed by atoms with Gasteiger partial charge < -0.3 is 25.4 Å². The van der Waals surface area contributed by atoms with Crippen LogP contribution in [0.25, 0.3) is 0 Å². The van der Waals surface area contributed by atoms with Crippen molar-refractivity contribution in [2.45, 2.75) is 32.2 Å². The molecule has 2 rings (SSSR count). The number of hydrogen-bond acceptors (Lipinski definition) is 6. The number of hydrogen-bond donors (Lipinski definition) is 2. The first-order valence-electron chi connectivity index (χ1n) is 9.17. The van der Waals surface area contributed by atoms with Crippen molar-refractivity contribution in [3.63, 3.8) is 0 Å². The van der Waals surface area contributed by atoms with Gasteiger partial charge in [-0.1, -0.05) is 0 Å². The summed E-state index contributed by atoms with van der Waals surface area (Å²) in [5.41, 5.74) is 5.68. The maximum atomic E-state index is 12.2. The molecule has 1 heterocycles. The maximum Gasteiger partial charge on any atom is 0.325 e. The van der Waals surface area contributed by atoms with Crippen molar-refractivity contribution in [2.75, 3.05) is 26.3 Å². The molecule has 1 aromatic rings. The van der Waals surface area contributed by atoms with Crippen molar-refractivity contribution in [1.29, 1.82) is 0 Å². The van der Waals surface area contributed by atoms with Gasteiger partial charge in [-0.15, -0.1) is 0 Å². The van der Waals surface area contributed by atoms with E-state index in [1.807, 2.05) is 6.92 Å². The Balaban J connectivity index is 1.76. The maximum absolute atomic E-state index is 12.2. The zero-order chi connectivity index (χ0) is 20.5. The van der Waals surface area contributed by atoms with Crippen molar-refractivity contribution in [2.24, 2.45) is 5.73 Å². The van der Waals surface area contributed by atoms with Crippen molar-refractivity contribution < 1.29 is 28.7 Å². The molecule has 1 aromatic carbocycles. The summed E-state index contributed by atoms with van der Waals surface area (Å²) in [6.45, 7) is 1.91. The van der Waals surface area contributed by atoms with Crippen molar-refractivity contribution in [3.05, 3.63) is 29.8 Å². The van der Waals surface area contributed by atoms with Gasteiger partial charge >= 0.3 is 5.97 Å². The first kappa shape index (κ1) is 21.2. The van der Waals surface area contributed by atoms with E-state index in [9.17, 15) is 19.2 Å². The molecular formula is C19H25N3O6.